The number of aromatic nitrogens is 3. The quantitative estimate of drug-likeness (QED) is 0.833. The molecule has 0 aromatic carbocycles. The highest BCUT2D eigenvalue weighted by molar-refractivity contribution is 5.94. The normalized spacial score (nSPS) is 31.3. The van der Waals surface area contributed by atoms with E-state index in [1.54, 1.807) is 6.20 Å². The molecule has 4 aliphatic rings. The van der Waals surface area contributed by atoms with Crippen molar-refractivity contribution >= 4 is 5.91 Å². The Labute approximate surface area is 160 Å². The summed E-state index contributed by atoms with van der Waals surface area (Å²) in [6, 6.07) is 6.24. The molecule has 2 heterocycles. The van der Waals surface area contributed by atoms with Crippen LogP contribution in [0.2, 0.25) is 0 Å². The molecule has 4 bridgehead atoms. The van der Waals surface area contributed by atoms with Crippen LogP contribution in [0, 0.1) is 37.5 Å². The summed E-state index contributed by atoms with van der Waals surface area (Å²) in [5.74, 6) is 4.13. The molecule has 0 unspecified atom stereocenters. The van der Waals surface area contributed by atoms with Crippen LogP contribution in [-0.2, 0) is 0 Å². The lowest BCUT2D eigenvalue weighted by Crippen LogP contribution is -2.56. The van der Waals surface area contributed by atoms with Crippen LogP contribution in [0.25, 0.3) is 5.82 Å². The average molecular weight is 364 g/mol. The summed E-state index contributed by atoms with van der Waals surface area (Å²) in [4.78, 5) is 19.7. The molecule has 4 aliphatic carbocycles. The number of pyridine rings is 1. The number of hydrogen-bond acceptors (Lipinski definition) is 3. The topological polar surface area (TPSA) is 51.0 Å². The van der Waals surface area contributed by atoms with Gasteiger partial charge >= 0.3 is 0 Å². The van der Waals surface area contributed by atoms with E-state index in [1.807, 2.05) is 48.7 Å². The van der Waals surface area contributed by atoms with Crippen molar-refractivity contribution in [2.45, 2.75) is 52.0 Å². The zero-order valence-corrected chi connectivity index (χ0v) is 16.4. The van der Waals surface area contributed by atoms with Crippen LogP contribution in [-0.4, -0.2) is 38.7 Å². The summed E-state index contributed by atoms with van der Waals surface area (Å²) >= 11 is 0. The van der Waals surface area contributed by atoms with Gasteiger partial charge in [-0.3, -0.25) is 4.79 Å². The van der Waals surface area contributed by atoms with Gasteiger partial charge in [0.05, 0.1) is 11.3 Å². The van der Waals surface area contributed by atoms with Crippen molar-refractivity contribution in [2.24, 2.45) is 23.7 Å². The summed E-state index contributed by atoms with van der Waals surface area (Å²) in [6.45, 7) is 3.99. The van der Waals surface area contributed by atoms with Gasteiger partial charge in [0.1, 0.15) is 0 Å². The molecule has 0 spiro atoms. The number of aryl methyl sites for hydroxylation is 2. The lowest BCUT2D eigenvalue weighted by atomic mass is 9.54. The van der Waals surface area contributed by atoms with E-state index in [1.165, 1.54) is 32.1 Å². The second kappa shape index (κ2) is 6.18. The molecule has 2 aromatic heterocycles. The fourth-order valence-electron chi connectivity index (χ4n) is 6.37. The maximum atomic E-state index is 13.2. The molecule has 5 nitrogen and oxygen atoms in total. The van der Waals surface area contributed by atoms with E-state index in [9.17, 15) is 4.79 Å². The molecule has 1 amide bonds. The minimum atomic E-state index is 0.111. The van der Waals surface area contributed by atoms with Crippen molar-refractivity contribution in [1.29, 1.82) is 0 Å². The van der Waals surface area contributed by atoms with Gasteiger partial charge in [-0.1, -0.05) is 0 Å². The van der Waals surface area contributed by atoms with Gasteiger partial charge < -0.3 is 4.90 Å². The van der Waals surface area contributed by atoms with Crippen LogP contribution in [0.5, 0.6) is 0 Å². The highest BCUT2D eigenvalue weighted by Crippen LogP contribution is 2.55. The molecule has 4 fully saturated rings. The number of hydrogen-bond donors (Lipinski definition) is 0. The summed E-state index contributed by atoms with van der Waals surface area (Å²) in [5.41, 5.74) is 2.69. The highest BCUT2D eigenvalue weighted by atomic mass is 16.2. The van der Waals surface area contributed by atoms with Gasteiger partial charge in [-0.15, -0.1) is 0 Å². The van der Waals surface area contributed by atoms with Crippen LogP contribution in [0.15, 0.2) is 24.4 Å². The zero-order valence-electron chi connectivity index (χ0n) is 16.4. The van der Waals surface area contributed by atoms with Crippen LogP contribution < -0.4 is 0 Å². The first kappa shape index (κ1) is 17.0. The molecule has 0 atom stereocenters. The predicted octanol–water partition coefficient (Wildman–Crippen LogP) is 3.78. The summed E-state index contributed by atoms with van der Waals surface area (Å²) in [7, 11) is 2.00. The first-order valence-corrected chi connectivity index (χ1v) is 10.3. The van der Waals surface area contributed by atoms with E-state index in [0.29, 0.717) is 23.4 Å². The third kappa shape index (κ3) is 2.79. The Morgan fingerprint density at radius 1 is 1.07 bits per heavy atom. The zero-order chi connectivity index (χ0) is 18.7. The lowest BCUT2D eigenvalue weighted by Gasteiger charge is -2.56. The Morgan fingerprint density at radius 3 is 2.26 bits per heavy atom. The fourth-order valence-corrected chi connectivity index (χ4v) is 6.37. The van der Waals surface area contributed by atoms with Gasteiger partial charge in [0.25, 0.3) is 5.91 Å². The molecule has 4 saturated carbocycles. The predicted molar refractivity (Wildman–Crippen MR) is 104 cm³/mol. The first-order valence-electron chi connectivity index (χ1n) is 10.3. The third-order valence-corrected chi connectivity index (χ3v) is 7.17. The lowest BCUT2D eigenvalue weighted by molar-refractivity contribution is -0.0491. The van der Waals surface area contributed by atoms with E-state index in [2.05, 4.69) is 10.1 Å². The monoisotopic (exact) mass is 364 g/mol. The average Bonchev–Trinajstić information content (AvgIpc) is 2.98. The summed E-state index contributed by atoms with van der Waals surface area (Å²) < 4.78 is 1.82. The SMILES string of the molecule is Cc1cc(C)n(-c2ccc(C(=O)N(C)C3C4CC5CC(C4)CC3C5)cn2)n1. The molecule has 6 rings (SSSR count). The third-order valence-electron chi connectivity index (χ3n) is 7.17. The van der Waals surface area contributed by atoms with Crippen LogP contribution >= 0.6 is 0 Å². The van der Waals surface area contributed by atoms with Gasteiger partial charge in [0.2, 0.25) is 0 Å². The maximum absolute atomic E-state index is 13.2. The van der Waals surface area contributed by atoms with Crippen LogP contribution in [0.4, 0.5) is 0 Å². The standard InChI is InChI=1S/C22H28N4O/c1-13-6-14(2)26(24-13)20-5-4-17(12-23-20)22(27)25(3)21-18-8-15-7-16(10-18)11-19(21)9-15/h4-6,12,15-16,18-19,21H,7-11H2,1-3H3. The molecule has 27 heavy (non-hydrogen) atoms. The molecule has 0 aliphatic heterocycles. The van der Waals surface area contributed by atoms with E-state index < -0.39 is 0 Å². The van der Waals surface area contributed by atoms with Gasteiger partial charge in [0, 0.05) is 25.0 Å². The molecule has 2 aromatic rings. The van der Waals surface area contributed by atoms with E-state index in [0.717, 1.165) is 29.0 Å². The molecular formula is C22H28N4O. The molecule has 0 radical (unpaired) electrons. The van der Waals surface area contributed by atoms with Gasteiger partial charge in [0.15, 0.2) is 5.82 Å². The second-order valence-electron chi connectivity index (χ2n) is 9.08. The minimum Gasteiger partial charge on any atom is -0.338 e. The number of rotatable bonds is 3. The first-order chi connectivity index (χ1) is 13.0. The highest BCUT2D eigenvalue weighted by Gasteiger charge is 2.50. The summed E-state index contributed by atoms with van der Waals surface area (Å²) in [6.07, 6.45) is 8.44. The van der Waals surface area contributed by atoms with Crippen molar-refractivity contribution in [2.75, 3.05) is 7.05 Å². The Morgan fingerprint density at radius 2 is 1.74 bits per heavy atom. The Hall–Kier alpha value is -2.17. The minimum absolute atomic E-state index is 0.111. The van der Waals surface area contributed by atoms with E-state index >= 15 is 0 Å². The summed E-state index contributed by atoms with van der Waals surface area (Å²) in [5, 5.41) is 4.47. The van der Waals surface area contributed by atoms with Crippen molar-refractivity contribution < 1.29 is 4.79 Å². The number of carbonyl (C=O) groups is 1. The van der Waals surface area contributed by atoms with Crippen molar-refractivity contribution in [3.05, 3.63) is 41.3 Å². The Kier molecular flexibility index (Phi) is 3.88. The fraction of sp³-hybridized carbons (Fsp3) is 0.591. The smallest absolute Gasteiger partial charge is 0.255 e. The van der Waals surface area contributed by atoms with Crippen molar-refractivity contribution in [3.63, 3.8) is 0 Å². The van der Waals surface area contributed by atoms with Crippen molar-refractivity contribution in [3.8, 4) is 5.82 Å². The molecule has 0 N–H and O–H groups in total. The molecular weight excluding hydrogens is 336 g/mol. The number of amides is 1. The van der Waals surface area contributed by atoms with E-state index in [4.69, 9.17) is 0 Å². The van der Waals surface area contributed by atoms with Gasteiger partial charge in [-0.25, -0.2) is 9.67 Å². The van der Waals surface area contributed by atoms with Crippen LogP contribution in [0.3, 0.4) is 0 Å². The molecule has 5 heteroatoms. The van der Waals surface area contributed by atoms with Gasteiger partial charge in [-0.05, 0) is 87.8 Å². The molecule has 142 valence electrons. The maximum Gasteiger partial charge on any atom is 0.255 e. The molecule has 0 saturated heterocycles. The number of nitrogens with zero attached hydrogens (tertiary/aromatic N) is 4. The van der Waals surface area contributed by atoms with Crippen molar-refractivity contribution in [1.82, 2.24) is 19.7 Å². The Balaban J connectivity index is 1.35. The number of carbonyl (C=O) groups excluding carboxylic acids is 1. The van der Waals surface area contributed by atoms with Gasteiger partial charge in [-0.2, -0.15) is 5.10 Å². The van der Waals surface area contributed by atoms with E-state index in [-0.39, 0.29) is 5.91 Å². The Bertz CT molecular complexity index is 841. The largest absolute Gasteiger partial charge is 0.338 e. The second-order valence-corrected chi connectivity index (χ2v) is 9.08. The van der Waals surface area contributed by atoms with Crippen LogP contribution in [0.1, 0.15) is 53.8 Å².